The first-order chi connectivity index (χ1) is 17.9. The lowest BCUT2D eigenvalue weighted by Crippen LogP contribution is -2.23. The molecule has 0 saturated carbocycles. The maximum absolute atomic E-state index is 14.0. The summed E-state index contributed by atoms with van der Waals surface area (Å²) in [7, 11) is 0. The Kier molecular flexibility index (Phi) is 12.5. The van der Waals surface area contributed by atoms with Gasteiger partial charge in [-0.3, -0.25) is 4.79 Å². The maximum atomic E-state index is 14.0. The molecule has 1 amide bonds. The standard InChI is InChI=1S/C28H27F3N4O2.2ClH/c29-23-11-8-21(27(30)28(23)31)18-35-15-14-33-25(35)16-26(37)34-22-9-6-19(7-10-22)12-13-32-17-24(36)20-4-2-1-3-5-20;;/h1-11,14-15,24,32,36H,12-13,16-18H2,(H,34,37);2*1H. The Balaban J connectivity index is 0.00000267. The second kappa shape index (κ2) is 15.3. The van der Waals surface area contributed by atoms with E-state index in [-0.39, 0.29) is 49.3 Å². The van der Waals surface area contributed by atoms with Gasteiger partial charge in [-0.25, -0.2) is 18.2 Å². The van der Waals surface area contributed by atoms with Crippen molar-refractivity contribution in [2.75, 3.05) is 18.4 Å². The normalized spacial score (nSPS) is 11.3. The molecule has 3 N–H and O–H groups in total. The van der Waals surface area contributed by atoms with Crippen LogP contribution in [0.2, 0.25) is 0 Å². The zero-order valence-electron chi connectivity index (χ0n) is 20.8. The fourth-order valence-corrected chi connectivity index (χ4v) is 3.89. The molecule has 0 aliphatic heterocycles. The first-order valence-corrected chi connectivity index (χ1v) is 11.9. The summed E-state index contributed by atoms with van der Waals surface area (Å²) < 4.78 is 42.3. The highest BCUT2D eigenvalue weighted by atomic mass is 35.5. The van der Waals surface area contributed by atoms with Gasteiger partial charge in [-0.15, -0.1) is 24.8 Å². The molecule has 0 radical (unpaired) electrons. The van der Waals surface area contributed by atoms with E-state index in [1.807, 2.05) is 42.5 Å². The first-order valence-electron chi connectivity index (χ1n) is 11.9. The fraction of sp³-hybridized carbons (Fsp3) is 0.214. The van der Waals surface area contributed by atoms with Crippen LogP contribution in [0.25, 0.3) is 0 Å². The topological polar surface area (TPSA) is 79.2 Å². The number of aliphatic hydroxyl groups is 1. The lowest BCUT2D eigenvalue weighted by atomic mass is 10.1. The zero-order valence-corrected chi connectivity index (χ0v) is 22.5. The van der Waals surface area contributed by atoms with Gasteiger partial charge in [0, 0.05) is 30.2 Å². The minimum Gasteiger partial charge on any atom is -0.387 e. The average Bonchev–Trinajstić information content (AvgIpc) is 3.34. The lowest BCUT2D eigenvalue weighted by Gasteiger charge is -2.12. The number of carbonyl (C=O) groups is 1. The Hall–Kier alpha value is -3.37. The summed E-state index contributed by atoms with van der Waals surface area (Å²) in [6.07, 6.45) is 3.12. The second-order valence-corrected chi connectivity index (χ2v) is 8.61. The Morgan fingerprint density at radius 3 is 2.38 bits per heavy atom. The first kappa shape index (κ1) is 31.8. The molecule has 4 rings (SSSR count). The summed E-state index contributed by atoms with van der Waals surface area (Å²) in [6, 6.07) is 18.9. The second-order valence-electron chi connectivity index (χ2n) is 8.61. The SMILES string of the molecule is Cl.Cl.O=C(Cc1nccn1Cc1ccc(F)c(F)c1F)Nc1ccc(CCNCC(O)c2ccccc2)cc1. The average molecular weight is 581 g/mol. The number of benzene rings is 3. The molecule has 3 aromatic carbocycles. The number of imidazole rings is 1. The third kappa shape index (κ3) is 8.83. The predicted octanol–water partition coefficient (Wildman–Crippen LogP) is 5.24. The Morgan fingerprint density at radius 1 is 0.949 bits per heavy atom. The number of aliphatic hydroxyl groups excluding tert-OH is 1. The molecule has 4 aromatic rings. The van der Waals surface area contributed by atoms with Gasteiger partial charge in [0.1, 0.15) is 5.82 Å². The summed E-state index contributed by atoms with van der Waals surface area (Å²) >= 11 is 0. The van der Waals surface area contributed by atoms with Crippen LogP contribution >= 0.6 is 24.8 Å². The van der Waals surface area contributed by atoms with Crippen LogP contribution in [0.5, 0.6) is 0 Å². The smallest absolute Gasteiger partial charge is 0.231 e. The molecule has 1 aromatic heterocycles. The van der Waals surface area contributed by atoms with E-state index in [4.69, 9.17) is 0 Å². The van der Waals surface area contributed by atoms with Gasteiger partial charge in [0.2, 0.25) is 5.91 Å². The van der Waals surface area contributed by atoms with Crippen LogP contribution in [0.3, 0.4) is 0 Å². The molecule has 0 fully saturated rings. The van der Waals surface area contributed by atoms with Crippen LogP contribution in [-0.2, 0) is 24.2 Å². The zero-order chi connectivity index (χ0) is 26.2. The van der Waals surface area contributed by atoms with Crippen molar-refractivity contribution in [3.8, 4) is 0 Å². The van der Waals surface area contributed by atoms with E-state index >= 15 is 0 Å². The number of halogens is 5. The molecule has 6 nitrogen and oxygen atoms in total. The van der Waals surface area contributed by atoms with E-state index in [0.717, 1.165) is 23.6 Å². The van der Waals surface area contributed by atoms with Crippen LogP contribution in [0.4, 0.5) is 18.9 Å². The van der Waals surface area contributed by atoms with Crippen LogP contribution in [0.15, 0.2) is 79.1 Å². The van der Waals surface area contributed by atoms with E-state index < -0.39 is 23.6 Å². The van der Waals surface area contributed by atoms with Gasteiger partial charge in [-0.2, -0.15) is 0 Å². The van der Waals surface area contributed by atoms with E-state index in [1.165, 1.54) is 16.8 Å². The van der Waals surface area contributed by atoms with Crippen LogP contribution < -0.4 is 10.6 Å². The Morgan fingerprint density at radius 2 is 1.67 bits per heavy atom. The molecular formula is C28H29Cl2F3N4O2. The molecule has 0 saturated heterocycles. The Labute approximate surface area is 237 Å². The van der Waals surface area contributed by atoms with E-state index in [9.17, 15) is 23.1 Å². The minimum atomic E-state index is -1.53. The van der Waals surface area contributed by atoms with Gasteiger partial charge in [0.25, 0.3) is 0 Å². The summed E-state index contributed by atoms with van der Waals surface area (Å²) in [5, 5.41) is 16.2. The number of hydrogen-bond donors (Lipinski definition) is 3. The van der Waals surface area contributed by atoms with Crippen LogP contribution in [-0.4, -0.2) is 33.7 Å². The number of nitrogens with one attached hydrogen (secondary N) is 2. The molecule has 0 bridgehead atoms. The molecule has 1 heterocycles. The van der Waals surface area contributed by atoms with Crippen molar-refractivity contribution in [3.05, 3.63) is 119 Å². The summed E-state index contributed by atoms with van der Waals surface area (Å²) in [6.45, 7) is 1.06. The van der Waals surface area contributed by atoms with Gasteiger partial charge in [0.15, 0.2) is 17.5 Å². The number of carbonyl (C=O) groups excluding carboxylic acids is 1. The van der Waals surface area contributed by atoms with Crippen LogP contribution in [0, 0.1) is 17.5 Å². The lowest BCUT2D eigenvalue weighted by molar-refractivity contribution is -0.115. The van der Waals surface area contributed by atoms with Crippen LogP contribution in [0.1, 0.15) is 28.6 Å². The van der Waals surface area contributed by atoms with E-state index in [2.05, 4.69) is 15.6 Å². The van der Waals surface area contributed by atoms with Crippen molar-refractivity contribution in [2.45, 2.75) is 25.5 Å². The number of aromatic nitrogens is 2. The number of anilines is 1. The summed E-state index contributed by atoms with van der Waals surface area (Å²) in [5.41, 5.74) is 2.52. The molecule has 1 atom stereocenters. The molecule has 0 aliphatic rings. The van der Waals surface area contributed by atoms with Gasteiger partial charge in [0.05, 0.1) is 19.1 Å². The van der Waals surface area contributed by atoms with Crippen molar-refractivity contribution in [1.82, 2.24) is 14.9 Å². The third-order valence-electron chi connectivity index (χ3n) is 5.93. The maximum Gasteiger partial charge on any atom is 0.231 e. The molecular weight excluding hydrogens is 552 g/mol. The monoisotopic (exact) mass is 580 g/mol. The van der Waals surface area contributed by atoms with Gasteiger partial charge in [-0.05, 0) is 42.3 Å². The van der Waals surface area contributed by atoms with Crippen molar-refractivity contribution < 1.29 is 23.1 Å². The van der Waals surface area contributed by atoms with Crippen molar-refractivity contribution in [2.24, 2.45) is 0 Å². The van der Waals surface area contributed by atoms with E-state index in [1.54, 1.807) is 18.3 Å². The summed E-state index contributed by atoms with van der Waals surface area (Å²) in [4.78, 5) is 16.7. The quantitative estimate of drug-likeness (QED) is 0.167. The van der Waals surface area contributed by atoms with Crippen molar-refractivity contribution in [1.29, 1.82) is 0 Å². The highest BCUT2D eigenvalue weighted by molar-refractivity contribution is 5.91. The van der Waals surface area contributed by atoms with Gasteiger partial charge >= 0.3 is 0 Å². The van der Waals surface area contributed by atoms with Crippen molar-refractivity contribution in [3.63, 3.8) is 0 Å². The fourth-order valence-electron chi connectivity index (χ4n) is 3.89. The minimum absolute atomic E-state index is 0. The highest BCUT2D eigenvalue weighted by Crippen LogP contribution is 2.17. The largest absolute Gasteiger partial charge is 0.387 e. The number of nitrogens with zero attached hydrogens (tertiary/aromatic N) is 2. The molecule has 0 spiro atoms. The summed E-state index contributed by atoms with van der Waals surface area (Å²) in [5.74, 6) is -3.99. The van der Waals surface area contributed by atoms with Gasteiger partial charge in [-0.1, -0.05) is 48.5 Å². The third-order valence-corrected chi connectivity index (χ3v) is 5.93. The molecule has 11 heteroatoms. The van der Waals surface area contributed by atoms with E-state index in [0.29, 0.717) is 24.6 Å². The predicted molar refractivity (Wildman–Crippen MR) is 149 cm³/mol. The highest BCUT2D eigenvalue weighted by Gasteiger charge is 2.16. The number of amides is 1. The Bertz CT molecular complexity index is 1340. The number of hydrogen-bond acceptors (Lipinski definition) is 4. The molecule has 39 heavy (non-hydrogen) atoms. The van der Waals surface area contributed by atoms with Crippen molar-refractivity contribution >= 4 is 36.4 Å². The number of rotatable bonds is 11. The molecule has 0 aliphatic carbocycles. The molecule has 208 valence electrons. The van der Waals surface area contributed by atoms with Gasteiger partial charge < -0.3 is 20.3 Å². The molecule has 1 unspecified atom stereocenters.